The molecule has 2 N–H and O–H groups in total. The second kappa shape index (κ2) is 5.29. The molecule has 4 heteroatoms. The van der Waals surface area contributed by atoms with E-state index in [2.05, 4.69) is 39.8 Å². The average molecular weight is 247 g/mol. The third-order valence-corrected chi connectivity index (χ3v) is 3.41. The van der Waals surface area contributed by atoms with Gasteiger partial charge in [-0.3, -0.25) is 4.98 Å². The molecule has 0 saturated heterocycles. The van der Waals surface area contributed by atoms with Crippen molar-refractivity contribution in [3.63, 3.8) is 0 Å². The molecule has 2 aromatic heterocycles. The van der Waals surface area contributed by atoms with Crippen LogP contribution in [0.5, 0.6) is 0 Å². The minimum atomic E-state index is -0.00812. The Morgan fingerprint density at radius 3 is 2.76 bits per heavy atom. The van der Waals surface area contributed by atoms with Crippen molar-refractivity contribution in [1.82, 2.24) is 4.98 Å². The average Bonchev–Trinajstić information content (AvgIpc) is 2.82. The van der Waals surface area contributed by atoms with Crippen molar-refractivity contribution in [3.8, 4) is 0 Å². The molecule has 3 nitrogen and oxygen atoms in total. The van der Waals surface area contributed by atoms with E-state index in [1.54, 1.807) is 11.3 Å². The van der Waals surface area contributed by atoms with Crippen LogP contribution in [0.25, 0.3) is 0 Å². The van der Waals surface area contributed by atoms with E-state index in [1.165, 1.54) is 5.56 Å². The van der Waals surface area contributed by atoms with Gasteiger partial charge in [0.15, 0.2) is 0 Å². The van der Waals surface area contributed by atoms with E-state index >= 15 is 0 Å². The van der Waals surface area contributed by atoms with Crippen LogP contribution < -0.4 is 10.6 Å². The molecule has 0 radical (unpaired) electrons. The first-order valence-electron chi connectivity index (χ1n) is 5.60. The third-order valence-electron chi connectivity index (χ3n) is 2.68. The lowest BCUT2D eigenvalue weighted by Gasteiger charge is -2.18. The highest BCUT2D eigenvalue weighted by Crippen LogP contribution is 2.17. The van der Waals surface area contributed by atoms with Gasteiger partial charge in [0, 0.05) is 19.6 Å². The molecular formula is C13H17N3S. The predicted molar refractivity (Wildman–Crippen MR) is 73.3 cm³/mol. The molecule has 2 rings (SSSR count). The summed E-state index contributed by atoms with van der Waals surface area (Å²) < 4.78 is 0. The van der Waals surface area contributed by atoms with Crippen molar-refractivity contribution >= 4 is 17.0 Å². The summed E-state index contributed by atoms with van der Waals surface area (Å²) in [6, 6.07) is 6.19. The lowest BCUT2D eigenvalue weighted by Crippen LogP contribution is -2.16. The maximum atomic E-state index is 5.77. The van der Waals surface area contributed by atoms with E-state index in [4.69, 9.17) is 5.73 Å². The van der Waals surface area contributed by atoms with E-state index in [0.717, 1.165) is 17.9 Å². The van der Waals surface area contributed by atoms with E-state index < -0.39 is 0 Å². The van der Waals surface area contributed by atoms with Crippen LogP contribution in [0.2, 0.25) is 0 Å². The standard InChI is InChI=1S/C13H17N3S/c1-10(14)13-4-3-12(7-15-13)16(2)8-11-5-6-17-9-11/h3-7,9-10H,8,14H2,1-2H3/t10-/m1/s1. The van der Waals surface area contributed by atoms with Gasteiger partial charge in [0.25, 0.3) is 0 Å². The molecule has 0 bridgehead atoms. The van der Waals surface area contributed by atoms with Gasteiger partial charge in [-0.15, -0.1) is 0 Å². The molecule has 0 aliphatic rings. The van der Waals surface area contributed by atoms with Crippen LogP contribution in [0.3, 0.4) is 0 Å². The van der Waals surface area contributed by atoms with Crippen LogP contribution in [0.15, 0.2) is 35.2 Å². The summed E-state index contributed by atoms with van der Waals surface area (Å²) in [6.45, 7) is 2.85. The highest BCUT2D eigenvalue weighted by atomic mass is 32.1. The molecule has 0 amide bonds. The molecule has 0 aromatic carbocycles. The maximum Gasteiger partial charge on any atom is 0.0569 e. The molecule has 2 aromatic rings. The van der Waals surface area contributed by atoms with E-state index in [9.17, 15) is 0 Å². The zero-order valence-electron chi connectivity index (χ0n) is 10.1. The van der Waals surface area contributed by atoms with Gasteiger partial charge in [-0.25, -0.2) is 0 Å². The largest absolute Gasteiger partial charge is 0.369 e. The summed E-state index contributed by atoms with van der Waals surface area (Å²) in [5.41, 5.74) is 9.14. The highest BCUT2D eigenvalue weighted by Gasteiger charge is 2.05. The molecule has 1 atom stereocenters. The zero-order chi connectivity index (χ0) is 12.3. The first-order valence-corrected chi connectivity index (χ1v) is 6.55. The van der Waals surface area contributed by atoms with Crippen molar-refractivity contribution in [2.75, 3.05) is 11.9 Å². The van der Waals surface area contributed by atoms with Gasteiger partial charge in [0.05, 0.1) is 17.6 Å². The number of thiophene rings is 1. The minimum absolute atomic E-state index is 0.00812. The Morgan fingerprint density at radius 1 is 1.41 bits per heavy atom. The van der Waals surface area contributed by atoms with Gasteiger partial charge < -0.3 is 10.6 Å². The van der Waals surface area contributed by atoms with Crippen LogP contribution in [-0.4, -0.2) is 12.0 Å². The number of hydrogen-bond donors (Lipinski definition) is 1. The monoisotopic (exact) mass is 247 g/mol. The van der Waals surface area contributed by atoms with Crippen molar-refractivity contribution in [2.24, 2.45) is 5.73 Å². The van der Waals surface area contributed by atoms with Gasteiger partial charge in [0.2, 0.25) is 0 Å². The Bertz CT molecular complexity index is 448. The van der Waals surface area contributed by atoms with Gasteiger partial charge in [-0.05, 0) is 41.4 Å². The van der Waals surface area contributed by atoms with Gasteiger partial charge >= 0.3 is 0 Å². The Hall–Kier alpha value is -1.39. The fraction of sp³-hybridized carbons (Fsp3) is 0.308. The van der Waals surface area contributed by atoms with Crippen molar-refractivity contribution in [2.45, 2.75) is 19.5 Å². The quantitative estimate of drug-likeness (QED) is 0.903. The van der Waals surface area contributed by atoms with Gasteiger partial charge in [-0.1, -0.05) is 0 Å². The summed E-state index contributed by atoms with van der Waals surface area (Å²) >= 11 is 1.72. The first-order chi connectivity index (χ1) is 8.16. The number of nitrogens with zero attached hydrogens (tertiary/aromatic N) is 2. The van der Waals surface area contributed by atoms with Crippen LogP contribution in [-0.2, 0) is 6.54 Å². The van der Waals surface area contributed by atoms with Crippen LogP contribution in [0, 0.1) is 0 Å². The summed E-state index contributed by atoms with van der Waals surface area (Å²) in [4.78, 5) is 6.55. The summed E-state index contributed by atoms with van der Waals surface area (Å²) in [7, 11) is 2.07. The molecular weight excluding hydrogens is 230 g/mol. The molecule has 0 spiro atoms. The molecule has 17 heavy (non-hydrogen) atoms. The second-order valence-electron chi connectivity index (χ2n) is 4.22. The summed E-state index contributed by atoms with van der Waals surface area (Å²) in [5, 5.41) is 4.26. The van der Waals surface area contributed by atoms with Gasteiger partial charge in [-0.2, -0.15) is 11.3 Å². The predicted octanol–water partition coefficient (Wildman–Crippen LogP) is 2.80. The minimum Gasteiger partial charge on any atom is -0.369 e. The highest BCUT2D eigenvalue weighted by molar-refractivity contribution is 7.07. The second-order valence-corrected chi connectivity index (χ2v) is 5.00. The van der Waals surface area contributed by atoms with Crippen molar-refractivity contribution < 1.29 is 0 Å². The Balaban J connectivity index is 2.06. The molecule has 0 unspecified atom stereocenters. The number of rotatable bonds is 4. The fourth-order valence-corrected chi connectivity index (χ4v) is 2.30. The smallest absolute Gasteiger partial charge is 0.0569 e. The molecule has 0 saturated carbocycles. The summed E-state index contributed by atoms with van der Waals surface area (Å²) in [6.07, 6.45) is 1.88. The lowest BCUT2D eigenvalue weighted by atomic mass is 10.2. The Morgan fingerprint density at radius 2 is 2.24 bits per heavy atom. The zero-order valence-corrected chi connectivity index (χ0v) is 10.9. The van der Waals surface area contributed by atoms with E-state index in [-0.39, 0.29) is 6.04 Å². The van der Waals surface area contributed by atoms with Crippen LogP contribution >= 0.6 is 11.3 Å². The SMILES string of the molecule is C[C@@H](N)c1ccc(N(C)Cc2ccsc2)cn1. The Labute approximate surface area is 106 Å². The topological polar surface area (TPSA) is 42.1 Å². The fourth-order valence-electron chi connectivity index (χ4n) is 1.64. The van der Waals surface area contributed by atoms with Crippen LogP contribution in [0.1, 0.15) is 24.2 Å². The van der Waals surface area contributed by atoms with E-state index in [1.807, 2.05) is 19.2 Å². The third kappa shape index (κ3) is 3.05. The number of pyridine rings is 1. The van der Waals surface area contributed by atoms with Crippen molar-refractivity contribution in [3.05, 3.63) is 46.4 Å². The molecule has 2 heterocycles. The first kappa shape index (κ1) is 12.1. The molecule has 0 aliphatic heterocycles. The maximum absolute atomic E-state index is 5.77. The Kier molecular flexibility index (Phi) is 3.76. The molecule has 0 aliphatic carbocycles. The normalized spacial score (nSPS) is 12.4. The molecule has 0 fully saturated rings. The number of aromatic nitrogens is 1. The number of hydrogen-bond acceptors (Lipinski definition) is 4. The van der Waals surface area contributed by atoms with E-state index in [0.29, 0.717) is 0 Å². The molecule has 90 valence electrons. The summed E-state index contributed by atoms with van der Waals surface area (Å²) in [5.74, 6) is 0. The van der Waals surface area contributed by atoms with Crippen molar-refractivity contribution in [1.29, 1.82) is 0 Å². The van der Waals surface area contributed by atoms with Gasteiger partial charge in [0.1, 0.15) is 0 Å². The number of anilines is 1. The number of nitrogens with two attached hydrogens (primary N) is 1. The van der Waals surface area contributed by atoms with Crippen LogP contribution in [0.4, 0.5) is 5.69 Å². The lowest BCUT2D eigenvalue weighted by molar-refractivity contribution is 0.779.